The van der Waals surface area contributed by atoms with E-state index in [1.54, 1.807) is 12.3 Å². The fourth-order valence-electron chi connectivity index (χ4n) is 1.68. The monoisotopic (exact) mass is 232 g/mol. The van der Waals surface area contributed by atoms with Gasteiger partial charge >= 0.3 is 0 Å². The molecule has 0 amide bonds. The maximum absolute atomic E-state index is 8.95. The summed E-state index contributed by atoms with van der Waals surface area (Å²) in [5.41, 5.74) is 6.94. The van der Waals surface area contributed by atoms with Gasteiger partial charge in [-0.25, -0.2) is 4.98 Å². The molecule has 0 saturated carbocycles. The van der Waals surface area contributed by atoms with Crippen molar-refractivity contribution >= 4 is 11.5 Å². The summed E-state index contributed by atoms with van der Waals surface area (Å²) in [6.07, 6.45) is 2.76. The van der Waals surface area contributed by atoms with E-state index in [0.717, 1.165) is 25.3 Å². The van der Waals surface area contributed by atoms with Crippen LogP contribution >= 0.6 is 0 Å². The third-order valence-corrected chi connectivity index (χ3v) is 3.00. The molecule has 1 unspecified atom stereocenters. The molecule has 1 heterocycles. The Kier molecular flexibility index (Phi) is 4.77. The van der Waals surface area contributed by atoms with Gasteiger partial charge < -0.3 is 10.6 Å². The van der Waals surface area contributed by atoms with E-state index < -0.39 is 0 Å². The Morgan fingerprint density at radius 2 is 2.24 bits per heavy atom. The van der Waals surface area contributed by atoms with E-state index in [1.807, 2.05) is 0 Å². The van der Waals surface area contributed by atoms with Crippen molar-refractivity contribution in [3.63, 3.8) is 0 Å². The largest absolute Gasteiger partial charge is 0.395 e. The smallest absolute Gasteiger partial charge is 0.153 e. The van der Waals surface area contributed by atoms with Crippen LogP contribution in [0.5, 0.6) is 0 Å². The molecule has 0 aromatic carbocycles. The zero-order valence-electron chi connectivity index (χ0n) is 10.8. The second-order valence-electron chi connectivity index (χ2n) is 4.26. The molecule has 0 bridgehead atoms. The van der Waals surface area contributed by atoms with Gasteiger partial charge in [0.25, 0.3) is 0 Å². The number of nitriles is 1. The van der Waals surface area contributed by atoms with Gasteiger partial charge in [0, 0.05) is 19.3 Å². The van der Waals surface area contributed by atoms with Crippen LogP contribution in [-0.4, -0.2) is 18.1 Å². The summed E-state index contributed by atoms with van der Waals surface area (Å²) in [5.74, 6) is 1.31. The summed E-state index contributed by atoms with van der Waals surface area (Å²) in [4.78, 5) is 6.42. The summed E-state index contributed by atoms with van der Waals surface area (Å²) in [6, 6.07) is 3.74. The normalized spacial score (nSPS) is 11.9. The molecule has 4 nitrogen and oxygen atoms in total. The average Bonchev–Trinajstić information content (AvgIpc) is 2.36. The van der Waals surface area contributed by atoms with Gasteiger partial charge in [-0.15, -0.1) is 0 Å². The summed E-state index contributed by atoms with van der Waals surface area (Å²) < 4.78 is 0. The van der Waals surface area contributed by atoms with Crippen LogP contribution in [0.25, 0.3) is 0 Å². The minimum atomic E-state index is 0.486. The molecule has 0 aliphatic heterocycles. The molecular weight excluding hydrogens is 212 g/mol. The molecule has 0 spiro atoms. The number of anilines is 2. The number of rotatable bonds is 5. The van der Waals surface area contributed by atoms with Crippen LogP contribution in [0.15, 0.2) is 12.3 Å². The van der Waals surface area contributed by atoms with E-state index in [-0.39, 0.29) is 0 Å². The maximum atomic E-state index is 8.95. The van der Waals surface area contributed by atoms with Gasteiger partial charge in [-0.05, 0) is 18.9 Å². The standard InChI is InChI=1S/C13H20N4/c1-4-10(3)9-17(5-2)13-12(15)11(8-14)6-7-16-13/h6-7,10H,4-5,9,15H2,1-3H3. The highest BCUT2D eigenvalue weighted by molar-refractivity contribution is 5.69. The molecule has 1 aromatic heterocycles. The van der Waals surface area contributed by atoms with Gasteiger partial charge in [0.15, 0.2) is 5.82 Å². The molecule has 0 aliphatic rings. The Bertz CT molecular complexity index is 408. The maximum Gasteiger partial charge on any atom is 0.153 e. The van der Waals surface area contributed by atoms with Gasteiger partial charge in [0.1, 0.15) is 6.07 Å². The van der Waals surface area contributed by atoms with Crippen molar-refractivity contribution in [3.8, 4) is 6.07 Å². The molecule has 0 saturated heterocycles. The van der Waals surface area contributed by atoms with Crippen molar-refractivity contribution in [3.05, 3.63) is 17.8 Å². The van der Waals surface area contributed by atoms with Crippen LogP contribution in [-0.2, 0) is 0 Å². The molecular formula is C13H20N4. The zero-order valence-corrected chi connectivity index (χ0v) is 10.8. The lowest BCUT2D eigenvalue weighted by Crippen LogP contribution is -2.29. The van der Waals surface area contributed by atoms with E-state index in [0.29, 0.717) is 17.2 Å². The molecule has 92 valence electrons. The number of aromatic nitrogens is 1. The highest BCUT2D eigenvalue weighted by Crippen LogP contribution is 2.24. The van der Waals surface area contributed by atoms with Crippen molar-refractivity contribution in [2.24, 2.45) is 5.92 Å². The number of nitrogen functional groups attached to an aromatic ring is 1. The van der Waals surface area contributed by atoms with E-state index in [9.17, 15) is 0 Å². The summed E-state index contributed by atoms with van der Waals surface area (Å²) >= 11 is 0. The van der Waals surface area contributed by atoms with Crippen LogP contribution in [0, 0.1) is 17.2 Å². The Morgan fingerprint density at radius 1 is 1.53 bits per heavy atom. The molecule has 2 N–H and O–H groups in total. The molecule has 17 heavy (non-hydrogen) atoms. The number of hydrogen-bond acceptors (Lipinski definition) is 4. The lowest BCUT2D eigenvalue weighted by Gasteiger charge is -2.26. The predicted octanol–water partition coefficient (Wildman–Crippen LogP) is 2.41. The van der Waals surface area contributed by atoms with Crippen LogP contribution in [0.3, 0.4) is 0 Å². The molecule has 0 radical (unpaired) electrons. The molecule has 1 atom stereocenters. The van der Waals surface area contributed by atoms with Crippen molar-refractivity contribution in [2.45, 2.75) is 27.2 Å². The average molecular weight is 232 g/mol. The van der Waals surface area contributed by atoms with E-state index in [4.69, 9.17) is 11.0 Å². The first-order chi connectivity index (χ1) is 8.13. The highest BCUT2D eigenvalue weighted by atomic mass is 15.2. The minimum Gasteiger partial charge on any atom is -0.395 e. The lowest BCUT2D eigenvalue weighted by molar-refractivity contribution is 0.546. The van der Waals surface area contributed by atoms with E-state index >= 15 is 0 Å². The third-order valence-electron chi connectivity index (χ3n) is 3.00. The van der Waals surface area contributed by atoms with E-state index in [1.165, 1.54) is 0 Å². The molecule has 0 aliphatic carbocycles. The molecule has 0 fully saturated rings. The fourth-order valence-corrected chi connectivity index (χ4v) is 1.68. The Labute approximate surface area is 103 Å². The summed E-state index contributed by atoms with van der Waals surface area (Å²) in [6.45, 7) is 8.20. The fraction of sp³-hybridized carbons (Fsp3) is 0.538. The highest BCUT2D eigenvalue weighted by Gasteiger charge is 2.14. The van der Waals surface area contributed by atoms with Crippen molar-refractivity contribution < 1.29 is 0 Å². The van der Waals surface area contributed by atoms with Gasteiger partial charge in [0.2, 0.25) is 0 Å². The van der Waals surface area contributed by atoms with Gasteiger partial charge in [0.05, 0.1) is 11.3 Å². The predicted molar refractivity (Wildman–Crippen MR) is 70.7 cm³/mol. The Morgan fingerprint density at radius 3 is 2.76 bits per heavy atom. The van der Waals surface area contributed by atoms with Crippen LogP contribution in [0.1, 0.15) is 32.8 Å². The minimum absolute atomic E-state index is 0.486. The third kappa shape index (κ3) is 3.10. The lowest BCUT2D eigenvalue weighted by atomic mass is 10.1. The van der Waals surface area contributed by atoms with Crippen molar-refractivity contribution in [2.75, 3.05) is 23.7 Å². The van der Waals surface area contributed by atoms with Crippen LogP contribution in [0.2, 0.25) is 0 Å². The van der Waals surface area contributed by atoms with Crippen LogP contribution in [0.4, 0.5) is 11.5 Å². The number of hydrogen-bond donors (Lipinski definition) is 1. The quantitative estimate of drug-likeness (QED) is 0.846. The second kappa shape index (κ2) is 6.09. The van der Waals surface area contributed by atoms with Crippen molar-refractivity contribution in [1.82, 2.24) is 4.98 Å². The first-order valence-corrected chi connectivity index (χ1v) is 6.03. The molecule has 1 rings (SSSR count). The molecule has 1 aromatic rings. The van der Waals surface area contributed by atoms with Gasteiger partial charge in [-0.3, -0.25) is 0 Å². The number of nitrogens with zero attached hydrogens (tertiary/aromatic N) is 3. The Balaban J connectivity index is 3.00. The van der Waals surface area contributed by atoms with Gasteiger partial charge in [-0.2, -0.15) is 5.26 Å². The number of pyridine rings is 1. The van der Waals surface area contributed by atoms with Crippen molar-refractivity contribution in [1.29, 1.82) is 5.26 Å². The molecule has 4 heteroatoms. The Hall–Kier alpha value is -1.76. The topological polar surface area (TPSA) is 65.9 Å². The second-order valence-corrected chi connectivity index (χ2v) is 4.26. The first kappa shape index (κ1) is 13.3. The first-order valence-electron chi connectivity index (χ1n) is 6.03. The zero-order chi connectivity index (χ0) is 12.8. The summed E-state index contributed by atoms with van der Waals surface area (Å²) in [7, 11) is 0. The summed E-state index contributed by atoms with van der Waals surface area (Å²) in [5, 5.41) is 8.95. The van der Waals surface area contributed by atoms with Gasteiger partial charge in [-0.1, -0.05) is 20.3 Å². The SMILES string of the molecule is CCC(C)CN(CC)c1nccc(C#N)c1N. The van der Waals surface area contributed by atoms with Crippen LogP contribution < -0.4 is 10.6 Å². The number of nitrogens with two attached hydrogens (primary N) is 1. The van der Waals surface area contributed by atoms with E-state index in [2.05, 4.69) is 36.7 Å².